The fourth-order valence-electron chi connectivity index (χ4n) is 1.92. The molecule has 1 rings (SSSR count). The lowest BCUT2D eigenvalue weighted by Gasteiger charge is -2.30. The zero-order valence-corrected chi connectivity index (χ0v) is 13.0. The first-order chi connectivity index (χ1) is 8.43. The first-order valence-electron chi connectivity index (χ1n) is 6.19. The van der Waals surface area contributed by atoms with Crippen LogP contribution in [0, 0.1) is 0 Å². The van der Waals surface area contributed by atoms with Gasteiger partial charge in [-0.05, 0) is 43.6 Å². The van der Waals surface area contributed by atoms with Gasteiger partial charge in [-0.15, -0.1) is 0 Å². The van der Waals surface area contributed by atoms with E-state index in [1.807, 2.05) is 0 Å². The van der Waals surface area contributed by atoms with E-state index in [1.54, 1.807) is 0 Å². The van der Waals surface area contributed by atoms with Gasteiger partial charge in [0.2, 0.25) is 0 Å². The van der Waals surface area contributed by atoms with E-state index in [-0.39, 0.29) is 0 Å². The van der Waals surface area contributed by atoms with Crippen molar-refractivity contribution >= 4 is 27.6 Å². The summed E-state index contributed by atoms with van der Waals surface area (Å²) in [5, 5.41) is 3.27. The van der Waals surface area contributed by atoms with Gasteiger partial charge < -0.3 is 11.1 Å². The molecular weight excluding hydrogens is 294 g/mol. The number of aromatic nitrogens is 2. The Morgan fingerprint density at radius 2 is 1.89 bits per heavy atom. The van der Waals surface area contributed by atoms with Gasteiger partial charge >= 0.3 is 0 Å². The van der Waals surface area contributed by atoms with Crippen molar-refractivity contribution in [2.24, 2.45) is 0 Å². The van der Waals surface area contributed by atoms with Crippen LogP contribution in [0.5, 0.6) is 0 Å². The fourth-order valence-corrected chi connectivity index (χ4v) is 2.27. The molecule has 5 nitrogen and oxygen atoms in total. The third kappa shape index (κ3) is 4.10. The normalized spacial score (nSPS) is 11.6. The Kier molecular flexibility index (Phi) is 5.81. The lowest BCUT2D eigenvalue weighted by atomic mass is 10.2. The van der Waals surface area contributed by atoms with E-state index >= 15 is 0 Å². The summed E-state index contributed by atoms with van der Waals surface area (Å²) in [6.07, 6.45) is 1.46. The van der Waals surface area contributed by atoms with Gasteiger partial charge in [-0.1, -0.05) is 0 Å². The zero-order valence-electron chi connectivity index (χ0n) is 11.4. The number of nitrogens with one attached hydrogen (secondary N) is 1. The minimum atomic E-state index is 0.456. The highest BCUT2D eigenvalue weighted by Crippen LogP contribution is 2.23. The Labute approximate surface area is 117 Å². The summed E-state index contributed by atoms with van der Waals surface area (Å²) < 4.78 is 0.727. The van der Waals surface area contributed by atoms with E-state index in [4.69, 9.17) is 5.73 Å². The molecule has 0 spiro atoms. The van der Waals surface area contributed by atoms with Crippen LogP contribution in [0.1, 0.15) is 27.7 Å². The molecule has 0 radical (unpaired) electrons. The van der Waals surface area contributed by atoms with Gasteiger partial charge in [-0.3, -0.25) is 4.90 Å². The SMILES string of the molecule is CC(C)N(CCNc1ncnc(N)c1Br)C(C)C. The van der Waals surface area contributed by atoms with Crippen LogP contribution in [0.4, 0.5) is 11.6 Å². The van der Waals surface area contributed by atoms with E-state index < -0.39 is 0 Å². The largest absolute Gasteiger partial charge is 0.383 e. The zero-order chi connectivity index (χ0) is 13.7. The molecule has 102 valence electrons. The van der Waals surface area contributed by atoms with Gasteiger partial charge in [-0.2, -0.15) is 0 Å². The third-order valence-electron chi connectivity index (χ3n) is 2.81. The van der Waals surface area contributed by atoms with Gasteiger partial charge in [0, 0.05) is 25.2 Å². The summed E-state index contributed by atoms with van der Waals surface area (Å²) in [6.45, 7) is 10.6. The molecule has 0 aliphatic carbocycles. The quantitative estimate of drug-likeness (QED) is 0.843. The Bertz CT molecular complexity index is 373. The van der Waals surface area contributed by atoms with Crippen LogP contribution in [0.25, 0.3) is 0 Å². The number of rotatable bonds is 6. The lowest BCUT2D eigenvalue weighted by Crippen LogP contribution is -2.40. The molecule has 18 heavy (non-hydrogen) atoms. The maximum atomic E-state index is 5.70. The minimum absolute atomic E-state index is 0.456. The van der Waals surface area contributed by atoms with E-state index in [0.717, 1.165) is 23.4 Å². The van der Waals surface area contributed by atoms with Crippen LogP contribution in [0.3, 0.4) is 0 Å². The van der Waals surface area contributed by atoms with Crippen molar-refractivity contribution in [2.45, 2.75) is 39.8 Å². The molecule has 6 heteroatoms. The Balaban J connectivity index is 2.53. The maximum absolute atomic E-state index is 5.70. The first kappa shape index (κ1) is 15.2. The number of anilines is 2. The Morgan fingerprint density at radius 3 is 2.44 bits per heavy atom. The van der Waals surface area contributed by atoms with Crippen LogP contribution < -0.4 is 11.1 Å². The van der Waals surface area contributed by atoms with Gasteiger partial charge in [0.05, 0.1) is 0 Å². The molecule has 0 aliphatic heterocycles. The second-order valence-corrected chi connectivity index (χ2v) is 5.57. The number of nitrogen functional groups attached to an aromatic ring is 1. The Morgan fingerprint density at radius 1 is 1.28 bits per heavy atom. The van der Waals surface area contributed by atoms with Crippen LogP contribution in [0.2, 0.25) is 0 Å². The predicted molar refractivity (Wildman–Crippen MR) is 79.6 cm³/mol. The van der Waals surface area contributed by atoms with Gasteiger partial charge in [0.1, 0.15) is 22.4 Å². The van der Waals surface area contributed by atoms with Crippen molar-refractivity contribution in [3.05, 3.63) is 10.8 Å². The molecule has 0 atom stereocenters. The average Bonchev–Trinajstić information content (AvgIpc) is 2.28. The topological polar surface area (TPSA) is 67.1 Å². The van der Waals surface area contributed by atoms with E-state index in [9.17, 15) is 0 Å². The monoisotopic (exact) mass is 315 g/mol. The highest BCUT2D eigenvalue weighted by molar-refractivity contribution is 9.10. The molecule has 0 bridgehead atoms. The number of nitrogens with zero attached hydrogens (tertiary/aromatic N) is 3. The number of nitrogens with two attached hydrogens (primary N) is 1. The summed E-state index contributed by atoms with van der Waals surface area (Å²) in [7, 11) is 0. The summed E-state index contributed by atoms with van der Waals surface area (Å²) >= 11 is 3.38. The number of hydrogen-bond donors (Lipinski definition) is 2. The van der Waals surface area contributed by atoms with Crippen molar-refractivity contribution < 1.29 is 0 Å². The molecule has 0 unspecified atom stereocenters. The fraction of sp³-hybridized carbons (Fsp3) is 0.667. The van der Waals surface area contributed by atoms with Crippen LogP contribution in [-0.4, -0.2) is 40.0 Å². The molecule has 0 saturated carbocycles. The van der Waals surface area contributed by atoms with Gasteiger partial charge in [-0.25, -0.2) is 9.97 Å². The average molecular weight is 316 g/mol. The van der Waals surface area contributed by atoms with Crippen LogP contribution in [-0.2, 0) is 0 Å². The van der Waals surface area contributed by atoms with Crippen LogP contribution in [0.15, 0.2) is 10.8 Å². The molecule has 1 aromatic heterocycles. The number of halogens is 1. The summed E-state index contributed by atoms with van der Waals surface area (Å²) in [5.41, 5.74) is 5.70. The summed E-state index contributed by atoms with van der Waals surface area (Å²) in [6, 6.07) is 1.07. The lowest BCUT2D eigenvalue weighted by molar-refractivity contribution is 0.182. The summed E-state index contributed by atoms with van der Waals surface area (Å²) in [4.78, 5) is 10.5. The van der Waals surface area contributed by atoms with E-state index in [2.05, 4.69) is 63.8 Å². The second kappa shape index (κ2) is 6.89. The van der Waals surface area contributed by atoms with E-state index in [0.29, 0.717) is 17.9 Å². The van der Waals surface area contributed by atoms with Crippen molar-refractivity contribution in [1.82, 2.24) is 14.9 Å². The standard InChI is InChI=1S/C12H22BrN5/c1-8(2)18(9(3)4)6-5-15-12-10(13)11(14)16-7-17-12/h7-9H,5-6H2,1-4H3,(H3,14,15,16,17). The molecule has 1 aromatic rings. The molecule has 0 aliphatic rings. The van der Waals surface area contributed by atoms with Crippen molar-refractivity contribution in [3.8, 4) is 0 Å². The predicted octanol–water partition coefficient (Wildman–Crippen LogP) is 2.35. The smallest absolute Gasteiger partial charge is 0.145 e. The highest BCUT2D eigenvalue weighted by Gasteiger charge is 2.13. The molecule has 0 aromatic carbocycles. The van der Waals surface area contributed by atoms with Crippen molar-refractivity contribution in [2.75, 3.05) is 24.1 Å². The van der Waals surface area contributed by atoms with Crippen LogP contribution >= 0.6 is 15.9 Å². The minimum Gasteiger partial charge on any atom is -0.383 e. The molecule has 0 amide bonds. The molecule has 1 heterocycles. The van der Waals surface area contributed by atoms with Crippen molar-refractivity contribution in [1.29, 1.82) is 0 Å². The third-order valence-corrected chi connectivity index (χ3v) is 3.59. The van der Waals surface area contributed by atoms with Gasteiger partial charge in [0.15, 0.2) is 0 Å². The first-order valence-corrected chi connectivity index (χ1v) is 6.98. The molecule has 3 N–H and O–H groups in total. The highest BCUT2D eigenvalue weighted by atomic mass is 79.9. The molecular formula is C12H22BrN5. The Hall–Kier alpha value is -0.880. The molecule has 0 saturated heterocycles. The summed E-state index contributed by atoms with van der Waals surface area (Å²) in [5.74, 6) is 1.20. The maximum Gasteiger partial charge on any atom is 0.145 e. The number of hydrogen-bond acceptors (Lipinski definition) is 5. The molecule has 0 fully saturated rings. The van der Waals surface area contributed by atoms with Crippen molar-refractivity contribution in [3.63, 3.8) is 0 Å². The van der Waals surface area contributed by atoms with Gasteiger partial charge in [0.25, 0.3) is 0 Å². The second-order valence-electron chi connectivity index (χ2n) is 4.77. The van der Waals surface area contributed by atoms with E-state index in [1.165, 1.54) is 6.33 Å².